The Labute approximate surface area is 122 Å². The minimum atomic E-state index is 0.769. The number of aromatic nitrogens is 3. The molecule has 0 radical (unpaired) electrons. The van der Waals surface area contributed by atoms with Gasteiger partial charge in [0, 0.05) is 31.2 Å². The summed E-state index contributed by atoms with van der Waals surface area (Å²) in [5.41, 5.74) is 4.11. The molecular weight excluding hydrogens is 262 g/mol. The summed E-state index contributed by atoms with van der Waals surface area (Å²) in [7, 11) is 1.99. The Morgan fingerprint density at radius 2 is 1.86 bits per heavy atom. The van der Waals surface area contributed by atoms with Gasteiger partial charge in [0.15, 0.2) is 11.6 Å². The number of hydrogen-bond acceptors (Lipinski definition) is 5. The van der Waals surface area contributed by atoms with E-state index in [1.165, 1.54) is 0 Å². The Balaban J connectivity index is 1.81. The molecule has 4 rings (SSSR count). The van der Waals surface area contributed by atoms with Crippen LogP contribution in [-0.4, -0.2) is 22.0 Å². The van der Waals surface area contributed by atoms with E-state index in [1.807, 2.05) is 30.1 Å². The second-order valence-corrected chi connectivity index (χ2v) is 4.86. The van der Waals surface area contributed by atoms with Crippen LogP contribution in [0, 0.1) is 0 Å². The van der Waals surface area contributed by atoms with E-state index in [2.05, 4.69) is 38.5 Å². The van der Waals surface area contributed by atoms with Gasteiger partial charge in [-0.05, 0) is 24.3 Å². The van der Waals surface area contributed by atoms with E-state index in [1.54, 1.807) is 18.6 Å². The molecule has 0 amide bonds. The van der Waals surface area contributed by atoms with Gasteiger partial charge in [0.2, 0.25) is 0 Å². The lowest BCUT2D eigenvalue weighted by atomic mass is 10.1. The summed E-state index contributed by atoms with van der Waals surface area (Å²) < 4.78 is 0. The van der Waals surface area contributed by atoms with Crippen molar-refractivity contribution in [2.45, 2.75) is 0 Å². The molecule has 3 heterocycles. The first-order valence-electron chi connectivity index (χ1n) is 6.70. The largest absolute Gasteiger partial charge is 0.335 e. The van der Waals surface area contributed by atoms with Crippen molar-refractivity contribution in [3.63, 3.8) is 0 Å². The van der Waals surface area contributed by atoms with Crippen LogP contribution in [0.25, 0.3) is 11.3 Å². The van der Waals surface area contributed by atoms with Gasteiger partial charge < -0.3 is 10.2 Å². The molecule has 0 saturated carbocycles. The smallest absolute Gasteiger partial charge is 0.176 e. The minimum Gasteiger partial charge on any atom is -0.335 e. The Morgan fingerprint density at radius 1 is 0.952 bits per heavy atom. The maximum atomic E-state index is 4.39. The molecular formula is C16H13N5. The molecule has 3 aromatic rings. The van der Waals surface area contributed by atoms with Crippen LogP contribution in [0.1, 0.15) is 0 Å². The molecule has 1 aromatic carbocycles. The molecule has 0 aliphatic carbocycles. The van der Waals surface area contributed by atoms with Gasteiger partial charge in [-0.25, -0.2) is 9.97 Å². The van der Waals surface area contributed by atoms with Crippen molar-refractivity contribution in [1.82, 2.24) is 15.0 Å². The standard InChI is InChI=1S/C16H13N5/c1-21-14-6-5-11(12-4-2-3-7-17-12)10-13(14)20-15-16(21)19-9-8-18-15/h2-10H,1H3,(H,18,20). The fourth-order valence-electron chi connectivity index (χ4n) is 2.53. The zero-order chi connectivity index (χ0) is 14.2. The molecule has 5 nitrogen and oxygen atoms in total. The molecule has 0 saturated heterocycles. The first-order chi connectivity index (χ1) is 10.3. The van der Waals surface area contributed by atoms with Crippen LogP contribution < -0.4 is 10.2 Å². The highest BCUT2D eigenvalue weighted by atomic mass is 15.3. The summed E-state index contributed by atoms with van der Waals surface area (Å²) >= 11 is 0. The molecule has 0 spiro atoms. The molecule has 102 valence electrons. The highest BCUT2D eigenvalue weighted by Crippen LogP contribution is 2.41. The van der Waals surface area contributed by atoms with Gasteiger partial charge in [0.05, 0.1) is 17.1 Å². The number of hydrogen-bond donors (Lipinski definition) is 1. The SMILES string of the molecule is CN1c2ccc(-c3ccccn3)cc2Nc2nccnc21. The molecule has 2 aromatic heterocycles. The van der Waals surface area contributed by atoms with Crippen molar-refractivity contribution in [1.29, 1.82) is 0 Å². The number of nitrogens with one attached hydrogen (secondary N) is 1. The summed E-state index contributed by atoms with van der Waals surface area (Å²) in [6, 6.07) is 12.1. The van der Waals surface area contributed by atoms with Crippen LogP contribution >= 0.6 is 0 Å². The van der Waals surface area contributed by atoms with Crippen molar-refractivity contribution in [3.8, 4) is 11.3 Å². The fourth-order valence-corrected chi connectivity index (χ4v) is 2.53. The van der Waals surface area contributed by atoms with Crippen LogP contribution in [0.4, 0.5) is 23.0 Å². The van der Waals surface area contributed by atoms with Crippen LogP contribution in [0.2, 0.25) is 0 Å². The molecule has 21 heavy (non-hydrogen) atoms. The quantitative estimate of drug-likeness (QED) is 0.738. The first-order valence-corrected chi connectivity index (χ1v) is 6.70. The number of anilines is 4. The number of pyridine rings is 1. The van der Waals surface area contributed by atoms with Crippen LogP contribution in [0.15, 0.2) is 55.0 Å². The summed E-state index contributed by atoms with van der Waals surface area (Å²) in [6.45, 7) is 0. The van der Waals surface area contributed by atoms with E-state index in [0.29, 0.717) is 0 Å². The van der Waals surface area contributed by atoms with Gasteiger partial charge in [-0.15, -0.1) is 0 Å². The average molecular weight is 275 g/mol. The van der Waals surface area contributed by atoms with Gasteiger partial charge in [0.25, 0.3) is 0 Å². The Bertz CT molecular complexity index is 801. The van der Waals surface area contributed by atoms with E-state index >= 15 is 0 Å². The predicted molar refractivity (Wildman–Crippen MR) is 83.1 cm³/mol. The molecule has 1 N–H and O–H groups in total. The van der Waals surface area contributed by atoms with Gasteiger partial charge in [-0.3, -0.25) is 4.98 Å². The minimum absolute atomic E-state index is 0.769. The summed E-state index contributed by atoms with van der Waals surface area (Å²) in [6.07, 6.45) is 5.19. The highest BCUT2D eigenvalue weighted by Gasteiger charge is 2.21. The van der Waals surface area contributed by atoms with Crippen molar-refractivity contribution in [2.75, 3.05) is 17.3 Å². The number of nitrogens with zero attached hydrogens (tertiary/aromatic N) is 4. The van der Waals surface area contributed by atoms with Crippen LogP contribution in [-0.2, 0) is 0 Å². The summed E-state index contributed by atoms with van der Waals surface area (Å²) in [5.74, 6) is 1.60. The second-order valence-electron chi connectivity index (χ2n) is 4.86. The maximum absolute atomic E-state index is 4.39. The zero-order valence-electron chi connectivity index (χ0n) is 11.5. The zero-order valence-corrected chi connectivity index (χ0v) is 11.5. The van der Waals surface area contributed by atoms with E-state index in [4.69, 9.17) is 0 Å². The summed E-state index contributed by atoms with van der Waals surface area (Å²) in [5, 5.41) is 3.34. The van der Waals surface area contributed by atoms with Crippen molar-refractivity contribution < 1.29 is 0 Å². The predicted octanol–water partition coefficient (Wildman–Crippen LogP) is 3.36. The lowest BCUT2D eigenvalue weighted by Crippen LogP contribution is -2.19. The van der Waals surface area contributed by atoms with E-state index in [9.17, 15) is 0 Å². The Hall–Kier alpha value is -2.95. The summed E-state index contributed by atoms with van der Waals surface area (Å²) in [4.78, 5) is 15.1. The number of benzene rings is 1. The number of rotatable bonds is 1. The lowest BCUT2D eigenvalue weighted by Gasteiger charge is -2.28. The van der Waals surface area contributed by atoms with Gasteiger partial charge in [-0.2, -0.15) is 0 Å². The van der Waals surface area contributed by atoms with Crippen molar-refractivity contribution in [3.05, 3.63) is 55.0 Å². The van der Waals surface area contributed by atoms with E-state index in [0.717, 1.165) is 34.3 Å². The van der Waals surface area contributed by atoms with Gasteiger partial charge in [0.1, 0.15) is 0 Å². The third-order valence-corrected chi connectivity index (χ3v) is 3.57. The van der Waals surface area contributed by atoms with Crippen LogP contribution in [0.3, 0.4) is 0 Å². The molecule has 1 aliphatic heterocycles. The third-order valence-electron chi connectivity index (χ3n) is 3.57. The van der Waals surface area contributed by atoms with E-state index in [-0.39, 0.29) is 0 Å². The van der Waals surface area contributed by atoms with Gasteiger partial charge in [-0.1, -0.05) is 12.1 Å². The van der Waals surface area contributed by atoms with Crippen molar-refractivity contribution in [2.24, 2.45) is 0 Å². The molecule has 0 unspecified atom stereocenters. The van der Waals surface area contributed by atoms with Crippen molar-refractivity contribution >= 4 is 23.0 Å². The molecule has 0 bridgehead atoms. The average Bonchev–Trinajstić information content (AvgIpc) is 2.55. The lowest BCUT2D eigenvalue weighted by molar-refractivity contribution is 1.07. The van der Waals surface area contributed by atoms with Crippen LogP contribution in [0.5, 0.6) is 0 Å². The second kappa shape index (κ2) is 4.56. The molecule has 0 fully saturated rings. The molecule has 5 heteroatoms. The molecule has 1 aliphatic rings. The van der Waals surface area contributed by atoms with E-state index < -0.39 is 0 Å². The Kier molecular flexibility index (Phi) is 2.57. The third kappa shape index (κ3) is 1.90. The monoisotopic (exact) mass is 275 g/mol. The molecule has 0 atom stereocenters. The maximum Gasteiger partial charge on any atom is 0.176 e. The number of fused-ring (bicyclic) bond motifs is 2. The van der Waals surface area contributed by atoms with Gasteiger partial charge >= 0.3 is 0 Å². The fraction of sp³-hybridized carbons (Fsp3) is 0.0625. The normalized spacial score (nSPS) is 12.3. The highest BCUT2D eigenvalue weighted by molar-refractivity contribution is 5.89. The topological polar surface area (TPSA) is 53.9 Å². The Morgan fingerprint density at radius 3 is 2.71 bits per heavy atom. The first kappa shape index (κ1) is 11.8.